The van der Waals surface area contributed by atoms with Gasteiger partial charge in [-0.05, 0) is 47.7 Å². The Bertz CT molecular complexity index is 466. The van der Waals surface area contributed by atoms with Gasteiger partial charge in [-0.15, -0.1) is 0 Å². The molecule has 0 saturated heterocycles. The Balaban J connectivity index is 2.19. The molecule has 0 bridgehead atoms. The highest BCUT2D eigenvalue weighted by Gasteiger charge is 2.30. The maximum Gasteiger partial charge on any atom is 0.257 e. The van der Waals surface area contributed by atoms with E-state index in [0.717, 1.165) is 23.7 Å². The second kappa shape index (κ2) is 6.68. The molecule has 0 radical (unpaired) electrons. The van der Waals surface area contributed by atoms with E-state index in [1.807, 2.05) is 4.90 Å². The minimum Gasteiger partial charge on any atom is -0.396 e. The number of carbonyl (C=O) groups excluding carboxylic acids is 1. The highest BCUT2D eigenvalue weighted by atomic mass is 79.9. The number of aromatic nitrogens is 1. The van der Waals surface area contributed by atoms with Gasteiger partial charge in [0.05, 0.1) is 5.56 Å². The van der Waals surface area contributed by atoms with Gasteiger partial charge in [-0.1, -0.05) is 11.6 Å². The van der Waals surface area contributed by atoms with Crippen molar-refractivity contribution in [1.29, 1.82) is 0 Å². The van der Waals surface area contributed by atoms with Crippen LogP contribution in [0.4, 0.5) is 0 Å². The summed E-state index contributed by atoms with van der Waals surface area (Å²) in [5.74, 6) is -0.100. The Labute approximate surface area is 125 Å². The van der Waals surface area contributed by atoms with Crippen LogP contribution in [-0.2, 0) is 0 Å². The predicted octanol–water partition coefficient (Wildman–Crippen LogP) is 2.87. The SMILES string of the molecule is O=C(c1cc(Br)cnc1Cl)N(CCCO)C1CCC1. The highest BCUT2D eigenvalue weighted by Crippen LogP contribution is 2.28. The summed E-state index contributed by atoms with van der Waals surface area (Å²) in [5, 5.41) is 9.18. The molecule has 1 N–H and O–H groups in total. The fourth-order valence-corrected chi connectivity index (χ4v) is 2.63. The van der Waals surface area contributed by atoms with Gasteiger partial charge in [-0.25, -0.2) is 4.98 Å². The van der Waals surface area contributed by atoms with Crippen molar-refractivity contribution in [2.45, 2.75) is 31.7 Å². The van der Waals surface area contributed by atoms with Gasteiger partial charge in [0.15, 0.2) is 0 Å². The first-order chi connectivity index (χ1) is 9.13. The molecule has 1 aliphatic carbocycles. The number of nitrogens with zero attached hydrogens (tertiary/aromatic N) is 2. The third kappa shape index (κ3) is 3.46. The van der Waals surface area contributed by atoms with E-state index in [4.69, 9.17) is 16.7 Å². The van der Waals surface area contributed by atoms with Gasteiger partial charge in [0.2, 0.25) is 0 Å². The average molecular weight is 348 g/mol. The van der Waals surface area contributed by atoms with Gasteiger partial charge in [0.25, 0.3) is 5.91 Å². The van der Waals surface area contributed by atoms with Crippen LogP contribution in [0.15, 0.2) is 16.7 Å². The number of aliphatic hydroxyl groups excluding tert-OH is 1. The van der Waals surface area contributed by atoms with Crippen molar-refractivity contribution in [3.8, 4) is 0 Å². The topological polar surface area (TPSA) is 53.4 Å². The number of halogens is 2. The van der Waals surface area contributed by atoms with Gasteiger partial charge in [0, 0.05) is 29.9 Å². The van der Waals surface area contributed by atoms with E-state index in [2.05, 4.69) is 20.9 Å². The lowest BCUT2D eigenvalue weighted by atomic mass is 9.91. The van der Waals surface area contributed by atoms with Gasteiger partial charge in [0.1, 0.15) is 5.15 Å². The third-order valence-corrected chi connectivity index (χ3v) is 4.10. The van der Waals surface area contributed by atoms with E-state index in [1.54, 1.807) is 12.3 Å². The molecular formula is C13H16BrClN2O2. The Hall–Kier alpha value is -0.650. The number of carbonyl (C=O) groups is 1. The Morgan fingerprint density at radius 3 is 2.89 bits per heavy atom. The lowest BCUT2D eigenvalue weighted by Gasteiger charge is -2.37. The van der Waals surface area contributed by atoms with Crippen molar-refractivity contribution in [3.63, 3.8) is 0 Å². The Kier molecular flexibility index (Phi) is 5.19. The largest absolute Gasteiger partial charge is 0.396 e. The molecule has 0 aromatic carbocycles. The summed E-state index contributed by atoms with van der Waals surface area (Å²) in [6, 6.07) is 1.97. The average Bonchev–Trinajstić information content (AvgIpc) is 2.34. The number of amides is 1. The second-order valence-corrected chi connectivity index (χ2v) is 5.93. The Morgan fingerprint density at radius 2 is 2.32 bits per heavy atom. The lowest BCUT2D eigenvalue weighted by molar-refractivity contribution is 0.0562. The van der Waals surface area contributed by atoms with Crippen molar-refractivity contribution in [1.82, 2.24) is 9.88 Å². The first kappa shape index (κ1) is 14.8. The van der Waals surface area contributed by atoms with Crippen LogP contribution >= 0.6 is 27.5 Å². The van der Waals surface area contributed by atoms with Gasteiger partial charge in [-0.3, -0.25) is 4.79 Å². The molecular weight excluding hydrogens is 332 g/mol. The number of hydrogen-bond donors (Lipinski definition) is 1. The summed E-state index contributed by atoms with van der Waals surface area (Å²) in [6.07, 6.45) is 5.35. The molecule has 1 saturated carbocycles. The highest BCUT2D eigenvalue weighted by molar-refractivity contribution is 9.10. The maximum absolute atomic E-state index is 12.6. The van der Waals surface area contributed by atoms with Gasteiger partial charge in [-0.2, -0.15) is 0 Å². The molecule has 19 heavy (non-hydrogen) atoms. The lowest BCUT2D eigenvalue weighted by Crippen LogP contribution is -2.45. The molecule has 0 aliphatic heterocycles. The normalized spacial score (nSPS) is 15.1. The molecule has 0 spiro atoms. The molecule has 6 heteroatoms. The molecule has 0 atom stereocenters. The molecule has 104 valence electrons. The van der Waals surface area contributed by atoms with Crippen molar-refractivity contribution < 1.29 is 9.90 Å². The molecule has 1 aromatic rings. The summed E-state index contributed by atoms with van der Waals surface area (Å²) in [5.41, 5.74) is 0.417. The van der Waals surface area contributed by atoms with Gasteiger partial charge >= 0.3 is 0 Å². The van der Waals surface area contributed by atoms with Crippen molar-refractivity contribution in [2.75, 3.05) is 13.2 Å². The van der Waals surface area contributed by atoms with Crippen molar-refractivity contribution in [2.24, 2.45) is 0 Å². The molecule has 1 aromatic heterocycles. The zero-order valence-corrected chi connectivity index (χ0v) is 12.8. The number of pyridine rings is 1. The molecule has 2 rings (SSSR count). The summed E-state index contributed by atoms with van der Waals surface area (Å²) in [7, 11) is 0. The van der Waals surface area contributed by atoms with E-state index in [-0.39, 0.29) is 23.7 Å². The summed E-state index contributed by atoms with van der Waals surface area (Å²) in [6.45, 7) is 0.643. The van der Waals surface area contributed by atoms with E-state index >= 15 is 0 Å². The predicted molar refractivity (Wildman–Crippen MR) is 77.3 cm³/mol. The fraction of sp³-hybridized carbons (Fsp3) is 0.538. The van der Waals surface area contributed by atoms with E-state index in [1.165, 1.54) is 0 Å². The van der Waals surface area contributed by atoms with Crippen LogP contribution in [0.25, 0.3) is 0 Å². The van der Waals surface area contributed by atoms with Crippen LogP contribution in [0.3, 0.4) is 0 Å². The summed E-state index contributed by atoms with van der Waals surface area (Å²) < 4.78 is 0.732. The first-order valence-electron chi connectivity index (χ1n) is 6.36. The first-order valence-corrected chi connectivity index (χ1v) is 7.53. The zero-order valence-electron chi connectivity index (χ0n) is 10.5. The van der Waals surface area contributed by atoms with Crippen LogP contribution in [0.2, 0.25) is 5.15 Å². The van der Waals surface area contributed by atoms with Crippen LogP contribution in [0, 0.1) is 0 Å². The molecule has 1 amide bonds. The fourth-order valence-electron chi connectivity index (χ4n) is 2.12. The van der Waals surface area contributed by atoms with Crippen molar-refractivity contribution >= 4 is 33.4 Å². The van der Waals surface area contributed by atoms with Crippen LogP contribution in [0.1, 0.15) is 36.0 Å². The minimum absolute atomic E-state index is 0.0843. The van der Waals surface area contributed by atoms with E-state index in [0.29, 0.717) is 18.5 Å². The Morgan fingerprint density at radius 1 is 1.58 bits per heavy atom. The molecule has 4 nitrogen and oxygen atoms in total. The minimum atomic E-state index is -0.100. The maximum atomic E-state index is 12.6. The number of aliphatic hydroxyl groups is 1. The zero-order chi connectivity index (χ0) is 13.8. The van der Waals surface area contributed by atoms with Gasteiger partial charge < -0.3 is 10.0 Å². The van der Waals surface area contributed by atoms with Crippen molar-refractivity contribution in [3.05, 3.63) is 27.5 Å². The molecule has 1 aliphatic rings. The van der Waals surface area contributed by atoms with Crippen LogP contribution in [0.5, 0.6) is 0 Å². The molecule has 1 fully saturated rings. The monoisotopic (exact) mass is 346 g/mol. The smallest absolute Gasteiger partial charge is 0.257 e. The third-order valence-electron chi connectivity index (χ3n) is 3.37. The number of rotatable bonds is 5. The molecule has 0 unspecified atom stereocenters. The molecule has 1 heterocycles. The quantitative estimate of drug-likeness (QED) is 0.833. The summed E-state index contributed by atoms with van der Waals surface area (Å²) in [4.78, 5) is 18.4. The number of hydrogen-bond acceptors (Lipinski definition) is 3. The van der Waals surface area contributed by atoms with E-state index in [9.17, 15) is 4.79 Å². The second-order valence-electron chi connectivity index (χ2n) is 4.65. The van der Waals surface area contributed by atoms with Crippen LogP contribution in [-0.4, -0.2) is 40.1 Å². The van der Waals surface area contributed by atoms with E-state index < -0.39 is 0 Å². The van der Waals surface area contributed by atoms with Crippen LogP contribution < -0.4 is 0 Å². The summed E-state index contributed by atoms with van der Waals surface area (Å²) >= 11 is 9.31. The standard InChI is InChI=1S/C13H16BrClN2O2/c14-9-7-11(12(15)16-8-9)13(19)17(5-2-6-18)10-3-1-4-10/h7-8,10,18H,1-6H2.